The van der Waals surface area contributed by atoms with Crippen molar-refractivity contribution in [3.63, 3.8) is 0 Å². The first-order valence-electron chi connectivity index (χ1n) is 15.2. The molecule has 1 aliphatic heterocycles. The van der Waals surface area contributed by atoms with Crippen LogP contribution in [0.3, 0.4) is 0 Å². The SMILES string of the molecule is COc1ccc(-c2nc3c(C(=O)N4CCN([C@@H](CO)c5ccccc5NC(=O)C5CC5)C[C@H]4C)cnn3c(C(F)(F)F)c2C)cc1. The lowest BCUT2D eigenvalue weighted by Crippen LogP contribution is -2.55. The standard InChI is InChI=1S/C33H35F3N6O4/c1-19-17-40(27(18-43)24-6-4-5-7-26(24)38-31(44)22-8-9-22)14-15-41(19)32(45)25-16-37-42-29(33(34,35)36)20(2)28(39-30(25)42)21-10-12-23(46-3)13-11-21/h4-7,10-13,16,19,22,27,43H,8-9,14-15,17-18H2,1-3H3,(H,38,44)/t19-,27+/m1/s1. The summed E-state index contributed by atoms with van der Waals surface area (Å²) in [6.07, 6.45) is -1.88. The summed E-state index contributed by atoms with van der Waals surface area (Å²) in [6, 6.07) is 13.1. The van der Waals surface area contributed by atoms with E-state index in [2.05, 4.69) is 20.3 Å². The first-order valence-corrected chi connectivity index (χ1v) is 15.2. The number of hydrogen-bond acceptors (Lipinski definition) is 7. The van der Waals surface area contributed by atoms with Crippen molar-refractivity contribution < 1.29 is 32.6 Å². The molecule has 46 heavy (non-hydrogen) atoms. The average Bonchev–Trinajstić information content (AvgIpc) is 3.81. The van der Waals surface area contributed by atoms with Gasteiger partial charge in [0.1, 0.15) is 11.3 Å². The molecular formula is C33H35F3N6O4. The molecule has 6 rings (SSSR count). The molecule has 0 radical (unpaired) electrons. The number of aliphatic hydroxyl groups excluding tert-OH is 1. The number of methoxy groups -OCH3 is 1. The molecule has 10 nitrogen and oxygen atoms in total. The molecule has 2 N–H and O–H groups in total. The molecule has 0 spiro atoms. The molecular weight excluding hydrogens is 601 g/mol. The predicted octanol–water partition coefficient (Wildman–Crippen LogP) is 4.96. The normalized spacial score (nSPS) is 18.1. The van der Waals surface area contributed by atoms with Crippen LogP contribution in [0.15, 0.2) is 54.7 Å². The lowest BCUT2D eigenvalue weighted by Gasteiger charge is -2.43. The molecule has 2 fully saturated rings. The van der Waals surface area contributed by atoms with Crippen LogP contribution in [-0.4, -0.2) is 80.7 Å². The average molecular weight is 637 g/mol. The fraction of sp³-hybridized carbons (Fsp3) is 0.394. The summed E-state index contributed by atoms with van der Waals surface area (Å²) in [4.78, 5) is 34.7. The molecule has 2 aromatic carbocycles. The van der Waals surface area contributed by atoms with Crippen LogP contribution in [-0.2, 0) is 11.0 Å². The number of carbonyl (C=O) groups is 2. The Balaban J connectivity index is 1.28. The van der Waals surface area contributed by atoms with Crippen molar-refractivity contribution in [2.45, 2.75) is 44.9 Å². The third-order valence-electron chi connectivity index (χ3n) is 8.81. The van der Waals surface area contributed by atoms with E-state index in [1.807, 2.05) is 31.2 Å². The molecule has 1 saturated carbocycles. The van der Waals surface area contributed by atoms with Crippen molar-refractivity contribution in [3.8, 4) is 17.0 Å². The third kappa shape index (κ3) is 5.92. The smallest absolute Gasteiger partial charge is 0.433 e. The zero-order valence-electron chi connectivity index (χ0n) is 25.7. The lowest BCUT2D eigenvalue weighted by atomic mass is 10.0. The van der Waals surface area contributed by atoms with Crippen LogP contribution in [0.5, 0.6) is 5.75 Å². The van der Waals surface area contributed by atoms with Gasteiger partial charge in [0.25, 0.3) is 5.91 Å². The second-order valence-electron chi connectivity index (χ2n) is 11.8. The quantitative estimate of drug-likeness (QED) is 0.281. The fourth-order valence-electron chi connectivity index (χ4n) is 6.21. The minimum absolute atomic E-state index is 0.0213. The number of alkyl halides is 3. The summed E-state index contributed by atoms with van der Waals surface area (Å²) in [6.45, 7) is 4.02. The third-order valence-corrected chi connectivity index (χ3v) is 8.81. The van der Waals surface area contributed by atoms with E-state index >= 15 is 0 Å². The van der Waals surface area contributed by atoms with E-state index in [0.29, 0.717) is 34.6 Å². The van der Waals surface area contributed by atoms with Gasteiger partial charge in [-0.1, -0.05) is 18.2 Å². The number of nitrogens with zero attached hydrogens (tertiary/aromatic N) is 5. The molecule has 0 unspecified atom stereocenters. The monoisotopic (exact) mass is 636 g/mol. The number of fused-ring (bicyclic) bond motifs is 1. The van der Waals surface area contributed by atoms with Crippen molar-refractivity contribution in [3.05, 3.63) is 77.1 Å². The number of halogens is 3. The maximum absolute atomic E-state index is 14.4. The molecule has 2 aliphatic rings. The van der Waals surface area contributed by atoms with Crippen molar-refractivity contribution >= 4 is 23.1 Å². The second kappa shape index (κ2) is 12.4. The predicted molar refractivity (Wildman–Crippen MR) is 164 cm³/mol. The fourth-order valence-corrected chi connectivity index (χ4v) is 6.21. The van der Waals surface area contributed by atoms with Crippen molar-refractivity contribution in [2.75, 3.05) is 38.7 Å². The Bertz CT molecular complexity index is 1770. The number of carbonyl (C=O) groups excluding carboxylic acids is 2. The van der Waals surface area contributed by atoms with Crippen molar-refractivity contribution in [1.82, 2.24) is 24.4 Å². The molecule has 3 heterocycles. The number of hydrogen-bond donors (Lipinski definition) is 2. The van der Waals surface area contributed by atoms with Gasteiger partial charge in [-0.25, -0.2) is 9.50 Å². The van der Waals surface area contributed by atoms with Crippen LogP contribution < -0.4 is 10.1 Å². The van der Waals surface area contributed by atoms with E-state index in [4.69, 9.17) is 4.74 Å². The Morgan fingerprint density at radius 2 is 1.83 bits per heavy atom. The molecule has 2 aromatic heterocycles. The van der Waals surface area contributed by atoms with Gasteiger partial charge in [-0.2, -0.15) is 18.3 Å². The van der Waals surface area contributed by atoms with Gasteiger partial charge in [0.2, 0.25) is 5.91 Å². The molecule has 13 heteroatoms. The van der Waals surface area contributed by atoms with Gasteiger partial charge < -0.3 is 20.1 Å². The highest BCUT2D eigenvalue weighted by atomic mass is 19.4. The first kappa shape index (κ1) is 31.5. The van der Waals surface area contributed by atoms with Gasteiger partial charge in [0.15, 0.2) is 11.3 Å². The highest BCUT2D eigenvalue weighted by Gasteiger charge is 2.40. The highest BCUT2D eigenvalue weighted by molar-refractivity contribution is 6.00. The molecule has 242 valence electrons. The number of nitrogens with one attached hydrogen (secondary N) is 1. The summed E-state index contributed by atoms with van der Waals surface area (Å²) >= 11 is 0. The number of benzene rings is 2. The Kier molecular flexibility index (Phi) is 8.47. The lowest BCUT2D eigenvalue weighted by molar-refractivity contribution is -0.143. The van der Waals surface area contributed by atoms with Gasteiger partial charge in [-0.15, -0.1) is 0 Å². The Morgan fingerprint density at radius 3 is 2.46 bits per heavy atom. The summed E-state index contributed by atoms with van der Waals surface area (Å²) < 4.78 is 49.1. The van der Waals surface area contributed by atoms with E-state index in [1.54, 1.807) is 29.2 Å². The van der Waals surface area contributed by atoms with Gasteiger partial charge in [-0.3, -0.25) is 14.5 Å². The zero-order valence-corrected chi connectivity index (χ0v) is 25.7. The van der Waals surface area contributed by atoms with E-state index in [0.717, 1.165) is 24.6 Å². The Morgan fingerprint density at radius 1 is 1.11 bits per heavy atom. The molecule has 4 aromatic rings. The van der Waals surface area contributed by atoms with Crippen LogP contribution in [0.25, 0.3) is 16.9 Å². The second-order valence-corrected chi connectivity index (χ2v) is 11.8. The maximum Gasteiger partial charge on any atom is 0.433 e. The van der Waals surface area contributed by atoms with E-state index in [1.165, 1.54) is 14.0 Å². The van der Waals surface area contributed by atoms with Crippen LogP contribution in [0.1, 0.15) is 53.0 Å². The molecule has 0 bridgehead atoms. The van der Waals surface area contributed by atoms with Crippen LogP contribution in [0.4, 0.5) is 18.9 Å². The first-order chi connectivity index (χ1) is 22.0. The van der Waals surface area contributed by atoms with E-state index in [9.17, 15) is 27.9 Å². The van der Waals surface area contributed by atoms with Crippen molar-refractivity contribution in [1.29, 1.82) is 0 Å². The van der Waals surface area contributed by atoms with Gasteiger partial charge in [0.05, 0.1) is 31.6 Å². The molecule has 1 aliphatic carbocycles. The number of ether oxygens (including phenoxy) is 1. The molecule has 1 saturated heterocycles. The minimum Gasteiger partial charge on any atom is -0.497 e. The zero-order chi connectivity index (χ0) is 32.7. The van der Waals surface area contributed by atoms with Gasteiger partial charge in [0, 0.05) is 48.4 Å². The minimum atomic E-state index is -4.76. The molecule has 2 amide bonds. The number of anilines is 1. The highest BCUT2D eigenvalue weighted by Crippen LogP contribution is 2.38. The number of aliphatic hydroxyl groups is 1. The van der Waals surface area contributed by atoms with Crippen LogP contribution in [0, 0.1) is 12.8 Å². The number of piperazine rings is 1. The number of rotatable bonds is 8. The van der Waals surface area contributed by atoms with Gasteiger partial charge >= 0.3 is 6.18 Å². The summed E-state index contributed by atoms with van der Waals surface area (Å²) in [5.74, 6) is 0.0498. The summed E-state index contributed by atoms with van der Waals surface area (Å²) in [7, 11) is 1.50. The Hall–Kier alpha value is -4.49. The summed E-state index contributed by atoms with van der Waals surface area (Å²) in [5, 5.41) is 17.4. The van der Waals surface area contributed by atoms with Gasteiger partial charge in [-0.05, 0) is 62.6 Å². The Labute approximate surface area is 263 Å². The van der Waals surface area contributed by atoms with Crippen LogP contribution in [0.2, 0.25) is 0 Å². The van der Waals surface area contributed by atoms with Crippen LogP contribution >= 0.6 is 0 Å². The number of aromatic nitrogens is 3. The largest absolute Gasteiger partial charge is 0.497 e. The van der Waals surface area contributed by atoms with E-state index in [-0.39, 0.29) is 53.5 Å². The number of amides is 2. The maximum atomic E-state index is 14.4. The van der Waals surface area contributed by atoms with E-state index < -0.39 is 23.8 Å². The number of para-hydroxylation sites is 1. The topological polar surface area (TPSA) is 112 Å². The molecule has 2 atom stereocenters. The summed E-state index contributed by atoms with van der Waals surface area (Å²) in [5.41, 5.74) is 0.620. The van der Waals surface area contributed by atoms with Crippen molar-refractivity contribution in [2.24, 2.45) is 5.92 Å².